The zero-order chi connectivity index (χ0) is 13.1. The van der Waals surface area contributed by atoms with Gasteiger partial charge in [-0.1, -0.05) is 18.2 Å². The molecule has 0 aliphatic carbocycles. The van der Waals surface area contributed by atoms with Gasteiger partial charge in [0.25, 0.3) is 5.69 Å². The third-order valence-electron chi connectivity index (χ3n) is 2.56. The van der Waals surface area contributed by atoms with E-state index in [-0.39, 0.29) is 12.3 Å². The molecule has 0 saturated carbocycles. The summed E-state index contributed by atoms with van der Waals surface area (Å²) in [6.45, 7) is 5.19. The molecule has 1 aromatic carbocycles. The molecular formula is C12H15NO4. The Morgan fingerprint density at radius 2 is 2.00 bits per heavy atom. The second kappa shape index (κ2) is 4.95. The molecule has 0 saturated heterocycles. The summed E-state index contributed by atoms with van der Waals surface area (Å²) >= 11 is 0. The number of nitrogens with zero attached hydrogens (tertiary/aromatic N) is 1. The van der Waals surface area contributed by atoms with E-state index >= 15 is 0 Å². The standard InChI is InChI=1S/C12H15NO4/c1-4-17-11(14)12(2,3)9-7-5-6-8-10(9)13(15)16/h5-8H,4H2,1-3H3. The SMILES string of the molecule is CCOC(=O)C(C)(C)c1ccccc1[N+](=O)[O-]. The summed E-state index contributed by atoms with van der Waals surface area (Å²) < 4.78 is 4.93. The molecule has 0 bridgehead atoms. The predicted molar refractivity (Wildman–Crippen MR) is 62.8 cm³/mol. The van der Waals surface area contributed by atoms with Crippen molar-refractivity contribution in [2.75, 3.05) is 6.61 Å². The minimum Gasteiger partial charge on any atom is -0.465 e. The lowest BCUT2D eigenvalue weighted by atomic mass is 9.83. The summed E-state index contributed by atoms with van der Waals surface area (Å²) in [4.78, 5) is 22.2. The average molecular weight is 237 g/mol. The summed E-state index contributed by atoms with van der Waals surface area (Å²) in [7, 11) is 0. The second-order valence-electron chi connectivity index (χ2n) is 4.12. The molecule has 0 unspecified atom stereocenters. The van der Waals surface area contributed by atoms with E-state index in [1.807, 2.05) is 0 Å². The van der Waals surface area contributed by atoms with E-state index in [1.165, 1.54) is 6.07 Å². The Kier molecular flexibility index (Phi) is 3.83. The number of carbonyl (C=O) groups excluding carboxylic acids is 1. The molecule has 1 aromatic rings. The summed E-state index contributed by atoms with van der Waals surface area (Å²) in [5, 5.41) is 10.9. The van der Waals surface area contributed by atoms with E-state index in [2.05, 4.69) is 0 Å². The Morgan fingerprint density at radius 1 is 1.41 bits per heavy atom. The maximum atomic E-state index is 11.8. The Bertz CT molecular complexity index is 440. The fraction of sp³-hybridized carbons (Fsp3) is 0.417. The van der Waals surface area contributed by atoms with Crippen LogP contribution in [0.5, 0.6) is 0 Å². The molecule has 0 atom stereocenters. The molecule has 5 heteroatoms. The number of benzene rings is 1. The van der Waals surface area contributed by atoms with Gasteiger partial charge >= 0.3 is 5.97 Å². The van der Waals surface area contributed by atoms with Gasteiger partial charge < -0.3 is 4.74 Å². The van der Waals surface area contributed by atoms with Gasteiger partial charge in [0.1, 0.15) is 0 Å². The summed E-state index contributed by atoms with van der Waals surface area (Å²) in [5.41, 5.74) is -0.728. The van der Waals surface area contributed by atoms with Crippen molar-refractivity contribution in [3.05, 3.63) is 39.9 Å². The van der Waals surface area contributed by atoms with Crippen LogP contribution in [-0.2, 0) is 14.9 Å². The zero-order valence-electron chi connectivity index (χ0n) is 10.1. The van der Waals surface area contributed by atoms with E-state index in [1.54, 1.807) is 39.0 Å². The molecule has 0 amide bonds. The van der Waals surface area contributed by atoms with Crippen LogP contribution in [0, 0.1) is 10.1 Å². The number of hydrogen-bond acceptors (Lipinski definition) is 4. The van der Waals surface area contributed by atoms with Crippen LogP contribution in [0.25, 0.3) is 0 Å². The lowest BCUT2D eigenvalue weighted by Crippen LogP contribution is -2.31. The van der Waals surface area contributed by atoms with Crippen LogP contribution in [0.4, 0.5) is 5.69 Å². The molecule has 0 radical (unpaired) electrons. The van der Waals surface area contributed by atoms with Crippen LogP contribution in [0.2, 0.25) is 0 Å². The molecule has 0 N–H and O–H groups in total. The van der Waals surface area contributed by atoms with E-state index < -0.39 is 16.3 Å². The van der Waals surface area contributed by atoms with Crippen molar-refractivity contribution in [3.8, 4) is 0 Å². The Hall–Kier alpha value is -1.91. The van der Waals surface area contributed by atoms with Crippen LogP contribution >= 0.6 is 0 Å². The first-order chi connectivity index (χ1) is 7.91. The summed E-state index contributed by atoms with van der Waals surface area (Å²) in [6, 6.07) is 6.21. The van der Waals surface area contributed by atoms with Gasteiger partial charge in [-0.2, -0.15) is 0 Å². The molecule has 0 spiro atoms. The zero-order valence-corrected chi connectivity index (χ0v) is 10.1. The summed E-state index contributed by atoms with van der Waals surface area (Å²) in [6.07, 6.45) is 0. The Morgan fingerprint density at radius 3 is 2.53 bits per heavy atom. The number of nitro benzene ring substituents is 1. The minimum absolute atomic E-state index is 0.0643. The van der Waals surface area contributed by atoms with Crippen LogP contribution in [0.1, 0.15) is 26.3 Å². The van der Waals surface area contributed by atoms with Crippen molar-refractivity contribution < 1.29 is 14.5 Å². The van der Waals surface area contributed by atoms with Gasteiger partial charge in [0.15, 0.2) is 0 Å². The highest BCUT2D eigenvalue weighted by molar-refractivity contribution is 5.83. The predicted octanol–water partition coefficient (Wildman–Crippen LogP) is 2.44. The highest BCUT2D eigenvalue weighted by Crippen LogP contribution is 2.32. The quantitative estimate of drug-likeness (QED) is 0.458. The number of para-hydroxylation sites is 1. The van der Waals surface area contributed by atoms with Gasteiger partial charge in [-0.25, -0.2) is 0 Å². The molecule has 17 heavy (non-hydrogen) atoms. The second-order valence-corrected chi connectivity index (χ2v) is 4.12. The molecule has 0 heterocycles. The fourth-order valence-electron chi connectivity index (χ4n) is 1.58. The molecule has 5 nitrogen and oxygen atoms in total. The number of rotatable bonds is 4. The van der Waals surface area contributed by atoms with Gasteiger partial charge in [-0.3, -0.25) is 14.9 Å². The van der Waals surface area contributed by atoms with E-state index in [0.29, 0.717) is 5.56 Å². The number of hydrogen-bond donors (Lipinski definition) is 0. The normalized spacial score (nSPS) is 11.0. The highest BCUT2D eigenvalue weighted by atomic mass is 16.6. The van der Waals surface area contributed by atoms with Crippen molar-refractivity contribution >= 4 is 11.7 Å². The fourth-order valence-corrected chi connectivity index (χ4v) is 1.58. The average Bonchev–Trinajstić information content (AvgIpc) is 2.29. The number of nitro groups is 1. The third kappa shape index (κ3) is 2.61. The van der Waals surface area contributed by atoms with E-state index in [9.17, 15) is 14.9 Å². The molecule has 0 aromatic heterocycles. The number of ether oxygens (including phenoxy) is 1. The third-order valence-corrected chi connectivity index (χ3v) is 2.56. The van der Waals surface area contributed by atoms with E-state index in [4.69, 9.17) is 4.74 Å². The first-order valence-electron chi connectivity index (χ1n) is 5.32. The van der Waals surface area contributed by atoms with Crippen molar-refractivity contribution in [3.63, 3.8) is 0 Å². The summed E-state index contributed by atoms with van der Waals surface area (Å²) in [5.74, 6) is -0.464. The van der Waals surface area contributed by atoms with Crippen LogP contribution in [0.3, 0.4) is 0 Å². The maximum absolute atomic E-state index is 11.8. The topological polar surface area (TPSA) is 69.4 Å². The van der Waals surface area contributed by atoms with Crippen molar-refractivity contribution in [1.29, 1.82) is 0 Å². The molecular weight excluding hydrogens is 222 g/mol. The van der Waals surface area contributed by atoms with Crippen molar-refractivity contribution in [2.45, 2.75) is 26.2 Å². The first kappa shape index (κ1) is 13.2. The van der Waals surface area contributed by atoms with Gasteiger partial charge in [0.05, 0.1) is 16.9 Å². The van der Waals surface area contributed by atoms with Gasteiger partial charge in [-0.15, -0.1) is 0 Å². The number of carbonyl (C=O) groups is 1. The van der Waals surface area contributed by atoms with Crippen LogP contribution in [-0.4, -0.2) is 17.5 Å². The van der Waals surface area contributed by atoms with Crippen molar-refractivity contribution in [1.82, 2.24) is 0 Å². The highest BCUT2D eigenvalue weighted by Gasteiger charge is 2.36. The molecule has 92 valence electrons. The first-order valence-corrected chi connectivity index (χ1v) is 5.32. The number of esters is 1. The monoisotopic (exact) mass is 237 g/mol. The van der Waals surface area contributed by atoms with Crippen LogP contribution < -0.4 is 0 Å². The lowest BCUT2D eigenvalue weighted by molar-refractivity contribution is -0.386. The molecule has 0 fully saturated rings. The molecule has 0 aliphatic rings. The van der Waals surface area contributed by atoms with Gasteiger partial charge in [0.2, 0.25) is 0 Å². The Labute approximate surface area is 99.5 Å². The van der Waals surface area contributed by atoms with Gasteiger partial charge in [-0.05, 0) is 20.8 Å². The smallest absolute Gasteiger partial charge is 0.316 e. The minimum atomic E-state index is -1.03. The maximum Gasteiger partial charge on any atom is 0.316 e. The van der Waals surface area contributed by atoms with Gasteiger partial charge in [0, 0.05) is 11.6 Å². The van der Waals surface area contributed by atoms with Crippen molar-refractivity contribution in [2.24, 2.45) is 0 Å². The largest absolute Gasteiger partial charge is 0.465 e. The van der Waals surface area contributed by atoms with E-state index in [0.717, 1.165) is 0 Å². The molecule has 1 rings (SSSR count). The Balaban J connectivity index is 3.23. The molecule has 0 aliphatic heterocycles. The van der Waals surface area contributed by atoms with Crippen LogP contribution in [0.15, 0.2) is 24.3 Å². The lowest BCUT2D eigenvalue weighted by Gasteiger charge is -2.22.